The van der Waals surface area contributed by atoms with Gasteiger partial charge in [0, 0.05) is 26.2 Å². The van der Waals surface area contributed by atoms with Crippen molar-refractivity contribution in [2.45, 2.75) is 13.8 Å². The number of amides is 2. The zero-order chi connectivity index (χ0) is 15.8. The van der Waals surface area contributed by atoms with Gasteiger partial charge in [0.05, 0.1) is 6.54 Å². The smallest absolute Gasteiger partial charge is 0.246 e. The van der Waals surface area contributed by atoms with E-state index in [0.717, 1.165) is 0 Å². The molecule has 0 unspecified atom stereocenters. The average Bonchev–Trinajstić information content (AvgIpc) is 2.46. The monoisotopic (exact) mass is 292 g/mol. The van der Waals surface area contributed by atoms with Crippen molar-refractivity contribution in [3.63, 3.8) is 0 Å². The predicted octanol–water partition coefficient (Wildman–Crippen LogP) is 2.17. The van der Waals surface area contributed by atoms with Crippen LogP contribution in [0.2, 0.25) is 0 Å². The van der Waals surface area contributed by atoms with Gasteiger partial charge in [0.15, 0.2) is 0 Å². The number of benzene rings is 1. The number of likely N-dealkylation sites (N-methyl/N-ethyl adjacent to an activating group) is 2. The van der Waals surface area contributed by atoms with E-state index in [-0.39, 0.29) is 24.2 Å². The van der Waals surface area contributed by atoms with Crippen LogP contribution in [-0.4, -0.2) is 48.3 Å². The van der Waals surface area contributed by atoms with Crippen LogP contribution in [0.15, 0.2) is 30.3 Å². The molecule has 4 nitrogen and oxygen atoms in total. The van der Waals surface area contributed by atoms with Crippen LogP contribution in [0.3, 0.4) is 0 Å². The molecule has 0 aliphatic heterocycles. The summed E-state index contributed by atoms with van der Waals surface area (Å²) in [5.74, 6) is -0.732. The molecule has 0 radical (unpaired) electrons. The van der Waals surface area contributed by atoms with E-state index in [1.807, 2.05) is 13.8 Å². The number of hydrogen-bond acceptors (Lipinski definition) is 2. The van der Waals surface area contributed by atoms with Crippen LogP contribution in [0.5, 0.6) is 0 Å². The summed E-state index contributed by atoms with van der Waals surface area (Å²) in [6.45, 7) is 5.07. The lowest BCUT2D eigenvalue weighted by Crippen LogP contribution is -2.40. The Balaban J connectivity index is 2.60. The minimum absolute atomic E-state index is 0.0357. The Morgan fingerprint density at radius 3 is 2.48 bits per heavy atom. The molecule has 114 valence electrons. The lowest BCUT2D eigenvalue weighted by atomic mass is 10.2. The standard InChI is InChI=1S/C16H21FN2O2/c1-4-19(5-2)16(21)12-18(3)15(20)10-9-13-7-6-8-14(17)11-13/h6-11H,4-5,12H2,1-3H3/b10-9+. The molecule has 1 aromatic carbocycles. The first-order valence-corrected chi connectivity index (χ1v) is 6.94. The van der Waals surface area contributed by atoms with E-state index < -0.39 is 0 Å². The highest BCUT2D eigenvalue weighted by Gasteiger charge is 2.14. The Morgan fingerprint density at radius 2 is 1.90 bits per heavy atom. The third kappa shape index (κ3) is 5.38. The Morgan fingerprint density at radius 1 is 1.24 bits per heavy atom. The summed E-state index contributed by atoms with van der Waals surface area (Å²) in [5.41, 5.74) is 0.604. The maximum Gasteiger partial charge on any atom is 0.246 e. The fourth-order valence-corrected chi connectivity index (χ4v) is 1.86. The summed E-state index contributed by atoms with van der Waals surface area (Å²) in [6, 6.07) is 5.96. The van der Waals surface area contributed by atoms with Crippen molar-refractivity contribution in [1.29, 1.82) is 0 Å². The maximum atomic E-state index is 13.0. The zero-order valence-corrected chi connectivity index (χ0v) is 12.7. The highest BCUT2D eigenvalue weighted by atomic mass is 19.1. The minimum Gasteiger partial charge on any atom is -0.342 e. The fraction of sp³-hybridized carbons (Fsp3) is 0.375. The molecule has 0 aromatic heterocycles. The van der Waals surface area contributed by atoms with Gasteiger partial charge in [-0.3, -0.25) is 9.59 Å². The zero-order valence-electron chi connectivity index (χ0n) is 12.7. The summed E-state index contributed by atoms with van der Waals surface area (Å²) in [6.07, 6.45) is 2.87. The molecular formula is C16H21FN2O2. The summed E-state index contributed by atoms with van der Waals surface area (Å²) >= 11 is 0. The van der Waals surface area contributed by atoms with Gasteiger partial charge in [0.1, 0.15) is 5.82 Å². The molecule has 2 amide bonds. The molecule has 0 bridgehead atoms. The molecule has 0 aliphatic carbocycles. The van der Waals surface area contributed by atoms with Crippen LogP contribution in [0.1, 0.15) is 19.4 Å². The van der Waals surface area contributed by atoms with E-state index in [4.69, 9.17) is 0 Å². The van der Waals surface area contributed by atoms with Gasteiger partial charge in [0.2, 0.25) is 11.8 Å². The lowest BCUT2D eigenvalue weighted by molar-refractivity contribution is -0.136. The van der Waals surface area contributed by atoms with E-state index in [1.165, 1.54) is 29.2 Å². The quantitative estimate of drug-likeness (QED) is 0.754. The summed E-state index contributed by atoms with van der Waals surface area (Å²) in [7, 11) is 1.57. The molecule has 0 N–H and O–H groups in total. The highest BCUT2D eigenvalue weighted by molar-refractivity contribution is 5.94. The van der Waals surface area contributed by atoms with E-state index in [9.17, 15) is 14.0 Å². The first kappa shape index (κ1) is 16.9. The van der Waals surface area contributed by atoms with Crippen LogP contribution in [0, 0.1) is 5.82 Å². The SMILES string of the molecule is CCN(CC)C(=O)CN(C)C(=O)/C=C/c1cccc(F)c1. The van der Waals surface area contributed by atoms with Gasteiger partial charge >= 0.3 is 0 Å². The number of hydrogen-bond donors (Lipinski definition) is 0. The Hall–Kier alpha value is -2.17. The molecule has 0 saturated heterocycles. The minimum atomic E-state index is -0.352. The Kier molecular flexibility index (Phi) is 6.59. The molecule has 0 spiro atoms. The van der Waals surface area contributed by atoms with Crippen molar-refractivity contribution in [1.82, 2.24) is 9.80 Å². The van der Waals surface area contributed by atoms with E-state index in [0.29, 0.717) is 18.7 Å². The third-order valence-electron chi connectivity index (χ3n) is 3.13. The molecule has 0 saturated carbocycles. The predicted molar refractivity (Wildman–Crippen MR) is 81.0 cm³/mol. The van der Waals surface area contributed by atoms with Gasteiger partial charge in [-0.2, -0.15) is 0 Å². The average molecular weight is 292 g/mol. The Labute approximate surface area is 124 Å². The molecule has 21 heavy (non-hydrogen) atoms. The Bertz CT molecular complexity index is 525. The first-order chi connectivity index (χ1) is 9.97. The molecule has 0 fully saturated rings. The molecule has 1 rings (SSSR count). The molecule has 0 atom stereocenters. The van der Waals surface area contributed by atoms with Gasteiger partial charge in [-0.25, -0.2) is 4.39 Å². The van der Waals surface area contributed by atoms with Gasteiger partial charge in [0.25, 0.3) is 0 Å². The van der Waals surface area contributed by atoms with Crippen molar-refractivity contribution in [2.24, 2.45) is 0 Å². The van der Waals surface area contributed by atoms with Gasteiger partial charge in [-0.15, -0.1) is 0 Å². The van der Waals surface area contributed by atoms with Gasteiger partial charge in [-0.05, 0) is 37.6 Å². The topological polar surface area (TPSA) is 40.6 Å². The number of halogens is 1. The third-order valence-corrected chi connectivity index (χ3v) is 3.13. The molecule has 5 heteroatoms. The van der Waals surface area contributed by atoms with Crippen molar-refractivity contribution < 1.29 is 14.0 Å². The van der Waals surface area contributed by atoms with Crippen LogP contribution in [-0.2, 0) is 9.59 Å². The van der Waals surface area contributed by atoms with Crippen LogP contribution >= 0.6 is 0 Å². The molecule has 1 aromatic rings. The fourth-order valence-electron chi connectivity index (χ4n) is 1.86. The second-order valence-corrected chi connectivity index (χ2v) is 4.65. The summed E-state index contributed by atoms with van der Waals surface area (Å²) in [5, 5.41) is 0. The van der Waals surface area contributed by atoms with Crippen molar-refractivity contribution in [3.05, 3.63) is 41.7 Å². The number of carbonyl (C=O) groups is 2. The number of rotatable bonds is 6. The van der Waals surface area contributed by atoms with Gasteiger partial charge < -0.3 is 9.80 Å². The first-order valence-electron chi connectivity index (χ1n) is 6.94. The molecule has 0 aliphatic rings. The van der Waals surface area contributed by atoms with Crippen LogP contribution in [0.25, 0.3) is 6.08 Å². The van der Waals surface area contributed by atoms with Gasteiger partial charge in [-0.1, -0.05) is 12.1 Å². The van der Waals surface area contributed by atoms with Crippen molar-refractivity contribution in [3.8, 4) is 0 Å². The summed E-state index contributed by atoms with van der Waals surface area (Å²) < 4.78 is 13.0. The second kappa shape index (κ2) is 8.19. The van der Waals surface area contributed by atoms with Crippen molar-refractivity contribution in [2.75, 3.05) is 26.7 Å². The molecular weight excluding hydrogens is 271 g/mol. The largest absolute Gasteiger partial charge is 0.342 e. The van der Waals surface area contributed by atoms with Crippen LogP contribution < -0.4 is 0 Å². The highest BCUT2D eigenvalue weighted by Crippen LogP contribution is 2.05. The number of nitrogens with zero attached hydrogens (tertiary/aromatic N) is 2. The second-order valence-electron chi connectivity index (χ2n) is 4.65. The molecule has 0 heterocycles. The van der Waals surface area contributed by atoms with E-state index in [2.05, 4.69) is 0 Å². The van der Waals surface area contributed by atoms with E-state index >= 15 is 0 Å². The van der Waals surface area contributed by atoms with Crippen molar-refractivity contribution >= 4 is 17.9 Å². The summed E-state index contributed by atoms with van der Waals surface area (Å²) in [4.78, 5) is 26.8. The number of carbonyl (C=O) groups excluding carboxylic acids is 2. The maximum absolute atomic E-state index is 13.0. The normalized spacial score (nSPS) is 10.7. The lowest BCUT2D eigenvalue weighted by Gasteiger charge is -2.22. The van der Waals surface area contributed by atoms with E-state index in [1.54, 1.807) is 24.1 Å². The van der Waals surface area contributed by atoms with Crippen LogP contribution in [0.4, 0.5) is 4.39 Å².